The maximum Gasteiger partial charge on any atom is 0.573 e. The Hall–Kier alpha value is -3.27. The molecule has 0 fully saturated rings. The monoisotopic (exact) mass is 438 g/mol. The van der Waals surface area contributed by atoms with E-state index in [1.54, 1.807) is 24.3 Å². The molecule has 0 saturated heterocycles. The van der Waals surface area contributed by atoms with Gasteiger partial charge in [-0.15, -0.1) is 13.2 Å². The average molecular weight is 438 g/mol. The van der Waals surface area contributed by atoms with Gasteiger partial charge >= 0.3 is 12.4 Å². The molecule has 0 saturated carbocycles. The highest BCUT2D eigenvalue weighted by Crippen LogP contribution is 2.25. The first-order chi connectivity index (χ1) is 14.7. The highest BCUT2D eigenvalue weighted by Gasteiger charge is 2.31. The van der Waals surface area contributed by atoms with E-state index in [2.05, 4.69) is 39.4 Å². The minimum absolute atomic E-state index is 0.128. The highest BCUT2D eigenvalue weighted by atomic mass is 19.4. The minimum atomic E-state index is -4.82. The molecule has 0 spiro atoms. The Morgan fingerprint density at radius 3 is 2.23 bits per heavy atom. The number of carbonyl (C=O) groups is 2. The molecular weight excluding hydrogens is 413 g/mol. The number of rotatable bonds is 9. The van der Waals surface area contributed by atoms with E-state index in [0.717, 1.165) is 31.8 Å². The third-order valence-electron chi connectivity index (χ3n) is 4.34. The summed E-state index contributed by atoms with van der Waals surface area (Å²) in [7, 11) is 0. The van der Waals surface area contributed by atoms with Crippen LogP contribution in [0.15, 0.2) is 48.5 Å². The molecule has 3 amide bonds. The van der Waals surface area contributed by atoms with Crippen molar-refractivity contribution >= 4 is 23.3 Å². The predicted molar refractivity (Wildman–Crippen MR) is 112 cm³/mol. The molecule has 0 aliphatic rings. The smallest absolute Gasteiger partial charge is 0.406 e. The van der Waals surface area contributed by atoms with Crippen molar-refractivity contribution in [1.29, 1.82) is 0 Å². The van der Waals surface area contributed by atoms with E-state index in [1.807, 2.05) is 0 Å². The molecule has 0 aliphatic heterocycles. The first kappa shape index (κ1) is 24.0. The van der Waals surface area contributed by atoms with Crippen molar-refractivity contribution in [3.63, 3.8) is 0 Å². The third kappa shape index (κ3) is 8.55. The number of carbonyl (C=O) groups excluding carboxylic acids is 2. The zero-order chi connectivity index (χ0) is 22.9. The largest absolute Gasteiger partial charge is 0.573 e. The van der Waals surface area contributed by atoms with Crippen molar-refractivity contribution in [2.24, 2.45) is 0 Å². The summed E-state index contributed by atoms with van der Waals surface area (Å²) in [6.45, 7) is 7.22. The summed E-state index contributed by atoms with van der Waals surface area (Å²) in [5, 5.41) is 7.81. The average Bonchev–Trinajstić information content (AvgIpc) is 2.70. The van der Waals surface area contributed by atoms with Gasteiger partial charge < -0.3 is 25.6 Å². The van der Waals surface area contributed by atoms with Gasteiger partial charge in [0.2, 0.25) is 0 Å². The Morgan fingerprint density at radius 1 is 0.968 bits per heavy atom. The number of anilines is 2. The molecule has 0 unspecified atom stereocenters. The molecule has 0 aliphatic carbocycles. The lowest BCUT2D eigenvalue weighted by atomic mass is 10.2. The molecule has 168 valence electrons. The lowest BCUT2D eigenvalue weighted by Crippen LogP contribution is -2.34. The number of benzene rings is 2. The fourth-order valence-corrected chi connectivity index (χ4v) is 2.74. The summed E-state index contributed by atoms with van der Waals surface area (Å²) >= 11 is 0. The Labute approximate surface area is 178 Å². The number of ether oxygens (including phenoxy) is 1. The van der Waals surface area contributed by atoms with Gasteiger partial charge in [-0.05, 0) is 49.5 Å². The van der Waals surface area contributed by atoms with Crippen LogP contribution in [0, 0.1) is 0 Å². The molecule has 2 aromatic carbocycles. The van der Waals surface area contributed by atoms with Crippen LogP contribution in [0.3, 0.4) is 0 Å². The van der Waals surface area contributed by atoms with Crippen LogP contribution in [0.5, 0.6) is 5.75 Å². The lowest BCUT2D eigenvalue weighted by molar-refractivity contribution is -0.274. The number of likely N-dealkylation sites (N-methyl/N-ethyl adjacent to an activating group) is 1. The van der Waals surface area contributed by atoms with Crippen LogP contribution in [0.25, 0.3) is 0 Å². The van der Waals surface area contributed by atoms with Crippen molar-refractivity contribution in [2.75, 3.05) is 36.8 Å². The maximum absolute atomic E-state index is 12.3. The van der Waals surface area contributed by atoms with Gasteiger partial charge in [-0.25, -0.2) is 4.79 Å². The van der Waals surface area contributed by atoms with Crippen LogP contribution in [0.4, 0.5) is 29.3 Å². The molecule has 7 nitrogen and oxygen atoms in total. The maximum atomic E-state index is 12.3. The Morgan fingerprint density at radius 2 is 1.61 bits per heavy atom. The van der Waals surface area contributed by atoms with Crippen LogP contribution < -0.4 is 20.7 Å². The van der Waals surface area contributed by atoms with Crippen molar-refractivity contribution in [3.05, 3.63) is 54.1 Å². The van der Waals surface area contributed by atoms with E-state index in [0.29, 0.717) is 17.8 Å². The van der Waals surface area contributed by atoms with Crippen LogP contribution in [-0.2, 0) is 0 Å². The van der Waals surface area contributed by atoms with Gasteiger partial charge in [0.15, 0.2) is 0 Å². The molecule has 0 aromatic heterocycles. The van der Waals surface area contributed by atoms with Crippen LogP contribution in [-0.4, -0.2) is 49.4 Å². The first-order valence-corrected chi connectivity index (χ1v) is 9.74. The Kier molecular flexibility index (Phi) is 8.68. The molecule has 31 heavy (non-hydrogen) atoms. The van der Waals surface area contributed by atoms with E-state index in [1.165, 1.54) is 12.1 Å². The van der Waals surface area contributed by atoms with Crippen molar-refractivity contribution < 1.29 is 27.5 Å². The summed E-state index contributed by atoms with van der Waals surface area (Å²) < 4.78 is 40.7. The Bertz CT molecular complexity index is 869. The van der Waals surface area contributed by atoms with E-state index in [-0.39, 0.29) is 11.6 Å². The topological polar surface area (TPSA) is 82.7 Å². The van der Waals surface area contributed by atoms with Gasteiger partial charge in [-0.3, -0.25) is 4.79 Å². The molecular formula is C21H25F3N4O3. The summed E-state index contributed by atoms with van der Waals surface area (Å²) in [6, 6.07) is 10.5. The van der Waals surface area contributed by atoms with Gasteiger partial charge in [0, 0.05) is 36.1 Å². The number of nitrogens with one attached hydrogen (secondary N) is 3. The quantitative estimate of drug-likeness (QED) is 0.545. The number of hydrogen-bond donors (Lipinski definition) is 3. The van der Waals surface area contributed by atoms with Crippen LogP contribution in [0.2, 0.25) is 0 Å². The second kappa shape index (κ2) is 11.2. The van der Waals surface area contributed by atoms with Crippen molar-refractivity contribution in [3.8, 4) is 5.75 Å². The molecule has 10 heteroatoms. The molecule has 3 N–H and O–H groups in total. The van der Waals surface area contributed by atoms with Crippen LogP contribution in [0.1, 0.15) is 24.2 Å². The zero-order valence-corrected chi connectivity index (χ0v) is 17.3. The SMILES string of the molecule is CCN(CC)CCNC(=O)c1ccc(NC(=O)Nc2cccc(OC(F)(F)F)c2)cc1. The number of hydrogen-bond acceptors (Lipinski definition) is 4. The highest BCUT2D eigenvalue weighted by molar-refractivity contribution is 6.00. The fourth-order valence-electron chi connectivity index (χ4n) is 2.74. The first-order valence-electron chi connectivity index (χ1n) is 9.74. The fraction of sp³-hybridized carbons (Fsp3) is 0.333. The molecule has 0 heterocycles. The van der Waals surface area contributed by atoms with E-state index >= 15 is 0 Å². The van der Waals surface area contributed by atoms with Gasteiger partial charge in [-0.1, -0.05) is 19.9 Å². The normalized spacial score (nSPS) is 11.2. The number of alkyl halides is 3. The number of halogens is 3. The lowest BCUT2D eigenvalue weighted by Gasteiger charge is -2.18. The summed E-state index contributed by atoms with van der Waals surface area (Å²) in [4.78, 5) is 26.5. The second-order valence-electron chi connectivity index (χ2n) is 6.51. The minimum Gasteiger partial charge on any atom is -0.406 e. The molecule has 0 bridgehead atoms. The summed E-state index contributed by atoms with van der Waals surface area (Å²) in [6.07, 6.45) is -4.82. The van der Waals surface area contributed by atoms with Crippen LogP contribution >= 0.6 is 0 Å². The number of amides is 3. The molecule has 0 radical (unpaired) electrons. The predicted octanol–water partition coefficient (Wildman–Crippen LogP) is 4.30. The molecule has 0 atom stereocenters. The van der Waals surface area contributed by atoms with Gasteiger partial charge in [0.1, 0.15) is 5.75 Å². The number of urea groups is 1. The van der Waals surface area contributed by atoms with Crippen molar-refractivity contribution in [1.82, 2.24) is 10.2 Å². The third-order valence-corrected chi connectivity index (χ3v) is 4.34. The van der Waals surface area contributed by atoms with Crippen molar-refractivity contribution in [2.45, 2.75) is 20.2 Å². The molecule has 2 aromatic rings. The zero-order valence-electron chi connectivity index (χ0n) is 17.3. The van der Waals surface area contributed by atoms with Gasteiger partial charge in [-0.2, -0.15) is 0 Å². The summed E-state index contributed by atoms with van der Waals surface area (Å²) in [5.41, 5.74) is 0.992. The van der Waals surface area contributed by atoms with E-state index in [4.69, 9.17) is 0 Å². The van der Waals surface area contributed by atoms with E-state index in [9.17, 15) is 22.8 Å². The summed E-state index contributed by atoms with van der Waals surface area (Å²) in [5.74, 6) is -0.661. The van der Waals surface area contributed by atoms with Gasteiger partial charge in [0.05, 0.1) is 0 Å². The van der Waals surface area contributed by atoms with Gasteiger partial charge in [0.25, 0.3) is 5.91 Å². The Balaban J connectivity index is 1.86. The second-order valence-corrected chi connectivity index (χ2v) is 6.51. The standard InChI is InChI=1S/C21H25F3N4O3/c1-3-28(4-2)13-12-25-19(29)15-8-10-16(11-9-15)26-20(30)27-17-6-5-7-18(14-17)31-21(22,23)24/h5-11,14H,3-4,12-13H2,1-2H3,(H,25,29)(H2,26,27,30). The van der Waals surface area contributed by atoms with E-state index < -0.39 is 18.1 Å². The number of nitrogens with zero attached hydrogens (tertiary/aromatic N) is 1. The molecule has 2 rings (SSSR count).